The Kier molecular flexibility index (Phi) is 3.12. The number of hydrogen-bond acceptors (Lipinski definition) is 3. The highest BCUT2D eigenvalue weighted by Crippen LogP contribution is 2.27. The van der Waals surface area contributed by atoms with Crippen LogP contribution in [0.15, 0.2) is 12.3 Å². The maximum atomic E-state index is 11.3. The predicted octanol–water partition coefficient (Wildman–Crippen LogP) is 2.56. The quantitative estimate of drug-likeness (QED) is 0.762. The Hall–Kier alpha value is -0.800. The number of pyridine rings is 1. The number of anilines is 1. The van der Waals surface area contributed by atoms with E-state index in [9.17, 15) is 4.79 Å². The zero-order valence-corrected chi connectivity index (χ0v) is 9.55. The van der Waals surface area contributed by atoms with Crippen LogP contribution in [0.2, 0.25) is 10.0 Å². The number of halogens is 2. The Morgan fingerprint density at radius 1 is 1.40 bits per heavy atom. The Labute approximate surface area is 98.0 Å². The number of rotatable bonds is 1. The lowest BCUT2D eigenvalue weighted by atomic mass is 10.1. The van der Waals surface area contributed by atoms with Gasteiger partial charge < -0.3 is 4.90 Å². The number of piperidine rings is 1. The first kappa shape index (κ1) is 10.7. The van der Waals surface area contributed by atoms with Crippen LogP contribution in [-0.4, -0.2) is 23.9 Å². The van der Waals surface area contributed by atoms with Gasteiger partial charge in [0.2, 0.25) is 0 Å². The molecule has 0 bridgehead atoms. The molecule has 0 spiro atoms. The van der Waals surface area contributed by atoms with Crippen LogP contribution in [0.4, 0.5) is 5.82 Å². The summed E-state index contributed by atoms with van der Waals surface area (Å²) in [5, 5.41) is 1.00. The minimum Gasteiger partial charge on any atom is -0.348 e. The molecule has 2 rings (SSSR count). The van der Waals surface area contributed by atoms with E-state index in [1.807, 2.05) is 4.90 Å². The molecular weight excluding hydrogens is 235 g/mol. The Balaban J connectivity index is 2.24. The lowest BCUT2D eigenvalue weighted by Gasteiger charge is -2.27. The van der Waals surface area contributed by atoms with E-state index in [1.54, 1.807) is 12.3 Å². The summed E-state index contributed by atoms with van der Waals surface area (Å²) in [6, 6.07) is 1.64. The number of carbonyl (C=O) groups excluding carboxylic acids is 1. The summed E-state index contributed by atoms with van der Waals surface area (Å²) in [6.07, 6.45) is 3.06. The molecule has 0 amide bonds. The lowest BCUT2D eigenvalue weighted by Crippen LogP contribution is -2.36. The van der Waals surface area contributed by atoms with Crippen LogP contribution >= 0.6 is 23.2 Å². The first-order valence-electron chi connectivity index (χ1n) is 4.74. The largest absolute Gasteiger partial charge is 0.348 e. The van der Waals surface area contributed by atoms with E-state index in [-0.39, 0.29) is 5.78 Å². The zero-order chi connectivity index (χ0) is 10.8. The van der Waals surface area contributed by atoms with E-state index in [0.717, 1.165) is 13.0 Å². The average molecular weight is 245 g/mol. The summed E-state index contributed by atoms with van der Waals surface area (Å²) < 4.78 is 0. The molecule has 0 radical (unpaired) electrons. The van der Waals surface area contributed by atoms with Gasteiger partial charge in [0, 0.05) is 19.2 Å². The van der Waals surface area contributed by atoms with Gasteiger partial charge in [0.1, 0.15) is 5.82 Å². The smallest absolute Gasteiger partial charge is 0.152 e. The van der Waals surface area contributed by atoms with Gasteiger partial charge in [-0.1, -0.05) is 23.2 Å². The van der Waals surface area contributed by atoms with Crippen molar-refractivity contribution in [1.82, 2.24) is 4.98 Å². The molecule has 2 heterocycles. The van der Waals surface area contributed by atoms with E-state index in [0.29, 0.717) is 28.8 Å². The second-order valence-electron chi connectivity index (χ2n) is 3.52. The van der Waals surface area contributed by atoms with Gasteiger partial charge in [-0.05, 0) is 12.5 Å². The number of ketones is 1. The second-order valence-corrected chi connectivity index (χ2v) is 4.37. The van der Waals surface area contributed by atoms with Crippen LogP contribution in [0.3, 0.4) is 0 Å². The second kappa shape index (κ2) is 4.37. The van der Waals surface area contributed by atoms with Crippen LogP contribution in [-0.2, 0) is 4.79 Å². The Morgan fingerprint density at radius 3 is 2.87 bits per heavy atom. The van der Waals surface area contributed by atoms with Gasteiger partial charge in [0.25, 0.3) is 0 Å². The van der Waals surface area contributed by atoms with Crippen LogP contribution < -0.4 is 4.90 Å². The third-order valence-corrected chi connectivity index (χ3v) is 2.82. The van der Waals surface area contributed by atoms with Crippen LogP contribution in [0.1, 0.15) is 12.8 Å². The van der Waals surface area contributed by atoms with Crippen LogP contribution in [0.5, 0.6) is 0 Å². The maximum Gasteiger partial charge on any atom is 0.152 e. The third kappa shape index (κ3) is 2.41. The maximum absolute atomic E-state index is 11.3. The van der Waals surface area contributed by atoms with Gasteiger partial charge in [-0.3, -0.25) is 4.79 Å². The molecule has 1 fully saturated rings. The summed E-state index contributed by atoms with van der Waals surface area (Å²) in [5.41, 5.74) is 0. The molecule has 80 valence electrons. The molecule has 0 aliphatic carbocycles. The standard InChI is InChI=1S/C10H10Cl2N2O/c11-7-4-9(12)10(13-5-7)14-3-1-2-8(15)6-14/h4-5H,1-3,6H2. The Bertz CT molecular complexity index is 395. The first-order valence-corrected chi connectivity index (χ1v) is 5.50. The van der Waals surface area contributed by atoms with Gasteiger partial charge in [-0.15, -0.1) is 0 Å². The van der Waals surface area contributed by atoms with E-state index < -0.39 is 0 Å². The fourth-order valence-corrected chi connectivity index (χ4v) is 2.16. The van der Waals surface area contributed by atoms with E-state index in [1.165, 1.54) is 0 Å². The number of aromatic nitrogens is 1. The van der Waals surface area contributed by atoms with Gasteiger partial charge >= 0.3 is 0 Å². The summed E-state index contributed by atoms with van der Waals surface area (Å²) in [5.74, 6) is 0.878. The van der Waals surface area contributed by atoms with E-state index >= 15 is 0 Å². The molecule has 5 heteroatoms. The zero-order valence-electron chi connectivity index (χ0n) is 8.04. The fraction of sp³-hybridized carbons (Fsp3) is 0.400. The first-order chi connectivity index (χ1) is 7.16. The van der Waals surface area contributed by atoms with Gasteiger partial charge in [0.15, 0.2) is 5.78 Å². The molecule has 0 N–H and O–H groups in total. The minimum absolute atomic E-state index is 0.231. The highest BCUT2D eigenvalue weighted by molar-refractivity contribution is 6.36. The average Bonchev–Trinajstić information content (AvgIpc) is 2.17. The van der Waals surface area contributed by atoms with Crippen LogP contribution in [0, 0.1) is 0 Å². The van der Waals surface area contributed by atoms with Crippen molar-refractivity contribution in [2.45, 2.75) is 12.8 Å². The highest BCUT2D eigenvalue weighted by Gasteiger charge is 2.19. The van der Waals surface area contributed by atoms with E-state index in [4.69, 9.17) is 23.2 Å². The molecule has 1 aromatic rings. The molecule has 15 heavy (non-hydrogen) atoms. The number of hydrogen-bond donors (Lipinski definition) is 0. The van der Waals surface area contributed by atoms with Gasteiger partial charge in [-0.2, -0.15) is 0 Å². The number of carbonyl (C=O) groups is 1. The highest BCUT2D eigenvalue weighted by atomic mass is 35.5. The molecule has 1 aromatic heterocycles. The summed E-state index contributed by atoms with van der Waals surface area (Å²) in [6.45, 7) is 1.22. The molecule has 0 atom stereocenters. The molecule has 0 unspecified atom stereocenters. The van der Waals surface area contributed by atoms with Crippen molar-refractivity contribution < 1.29 is 4.79 Å². The van der Waals surface area contributed by atoms with Crippen molar-refractivity contribution in [3.05, 3.63) is 22.3 Å². The van der Waals surface area contributed by atoms with E-state index in [2.05, 4.69) is 4.98 Å². The molecule has 1 saturated heterocycles. The predicted molar refractivity (Wildman–Crippen MR) is 60.7 cm³/mol. The van der Waals surface area contributed by atoms with Gasteiger partial charge in [-0.25, -0.2) is 4.98 Å². The number of nitrogens with zero attached hydrogens (tertiary/aromatic N) is 2. The van der Waals surface area contributed by atoms with Crippen molar-refractivity contribution in [2.24, 2.45) is 0 Å². The molecular formula is C10H10Cl2N2O. The van der Waals surface area contributed by atoms with Gasteiger partial charge in [0.05, 0.1) is 16.6 Å². The van der Waals surface area contributed by atoms with Crippen LogP contribution in [0.25, 0.3) is 0 Å². The molecule has 1 aliphatic rings. The molecule has 3 nitrogen and oxygen atoms in total. The molecule has 0 saturated carbocycles. The van der Waals surface area contributed by atoms with Crippen molar-refractivity contribution >= 4 is 34.8 Å². The SMILES string of the molecule is O=C1CCCN(c2ncc(Cl)cc2Cl)C1. The third-order valence-electron chi connectivity index (χ3n) is 2.34. The minimum atomic E-state index is 0.231. The summed E-state index contributed by atoms with van der Waals surface area (Å²) in [4.78, 5) is 17.3. The summed E-state index contributed by atoms with van der Waals surface area (Å²) in [7, 11) is 0. The Morgan fingerprint density at radius 2 is 2.20 bits per heavy atom. The topological polar surface area (TPSA) is 33.2 Å². The molecule has 0 aromatic carbocycles. The monoisotopic (exact) mass is 244 g/mol. The molecule has 1 aliphatic heterocycles. The summed E-state index contributed by atoms with van der Waals surface area (Å²) >= 11 is 11.8. The fourth-order valence-electron chi connectivity index (χ4n) is 1.66. The normalized spacial score (nSPS) is 16.9. The lowest BCUT2D eigenvalue weighted by molar-refractivity contribution is -0.118. The van der Waals surface area contributed by atoms with Crippen molar-refractivity contribution in [1.29, 1.82) is 0 Å². The number of Topliss-reactive ketones (excluding diaryl/α,β-unsaturated/α-hetero) is 1. The van der Waals surface area contributed by atoms with Crippen molar-refractivity contribution in [3.8, 4) is 0 Å². The van der Waals surface area contributed by atoms with Crippen molar-refractivity contribution in [3.63, 3.8) is 0 Å². The van der Waals surface area contributed by atoms with Crippen molar-refractivity contribution in [2.75, 3.05) is 18.0 Å².